The molecule has 0 spiro atoms. The van der Waals surface area contributed by atoms with E-state index in [1.807, 2.05) is 13.0 Å². The van der Waals surface area contributed by atoms with Crippen LogP contribution < -0.4 is 0 Å². The van der Waals surface area contributed by atoms with Crippen LogP contribution in [-0.4, -0.2) is 41.3 Å². The van der Waals surface area contributed by atoms with Crippen LogP contribution in [0.25, 0.3) is 0 Å². The molecule has 0 bridgehead atoms. The molecule has 0 radical (unpaired) electrons. The lowest BCUT2D eigenvalue weighted by Gasteiger charge is -2.28. The maximum atomic E-state index is 9.84. The van der Waals surface area contributed by atoms with Gasteiger partial charge in [0.05, 0.1) is 12.3 Å². The minimum atomic E-state index is 0.270. The van der Waals surface area contributed by atoms with Crippen molar-refractivity contribution in [3.05, 3.63) is 23.5 Å². The van der Waals surface area contributed by atoms with Crippen LogP contribution in [0.3, 0.4) is 0 Å². The van der Waals surface area contributed by atoms with E-state index in [9.17, 15) is 5.11 Å². The Hall–Kier alpha value is -1.13. The highest BCUT2D eigenvalue weighted by Gasteiger charge is 2.15. The molecule has 1 heterocycles. The summed E-state index contributed by atoms with van der Waals surface area (Å²) in [6.07, 6.45) is 1.07. The molecule has 0 saturated heterocycles. The quantitative estimate of drug-likeness (QED) is 0.809. The Labute approximate surface area is 110 Å². The van der Waals surface area contributed by atoms with Gasteiger partial charge in [-0.2, -0.15) is 0 Å². The van der Waals surface area contributed by atoms with Crippen molar-refractivity contribution in [2.45, 2.75) is 39.8 Å². The first-order valence-corrected chi connectivity index (χ1v) is 6.47. The van der Waals surface area contributed by atoms with Crippen molar-refractivity contribution in [1.29, 1.82) is 0 Å². The van der Waals surface area contributed by atoms with Crippen LogP contribution >= 0.6 is 0 Å². The predicted octanol–water partition coefficient (Wildman–Crippen LogP) is 2.34. The Morgan fingerprint density at radius 3 is 2.78 bits per heavy atom. The van der Waals surface area contributed by atoms with Crippen molar-refractivity contribution in [3.63, 3.8) is 0 Å². The molecule has 0 aliphatic carbocycles. The molecule has 0 fully saturated rings. The number of nitrogens with zero attached hydrogens (tertiary/aromatic N) is 2. The summed E-state index contributed by atoms with van der Waals surface area (Å²) in [5, 5.41) is 9.84. The van der Waals surface area contributed by atoms with E-state index in [0.717, 1.165) is 24.4 Å². The van der Waals surface area contributed by atoms with Crippen LogP contribution in [0.5, 0.6) is 5.75 Å². The zero-order valence-corrected chi connectivity index (χ0v) is 11.8. The average Bonchev–Trinajstić information content (AvgIpc) is 2.37. The lowest BCUT2D eigenvalue weighted by Crippen LogP contribution is -2.35. The predicted molar refractivity (Wildman–Crippen MR) is 72.7 cm³/mol. The zero-order valence-electron chi connectivity index (χ0n) is 11.8. The van der Waals surface area contributed by atoms with E-state index >= 15 is 0 Å². The molecule has 1 aromatic heterocycles. The smallest absolute Gasteiger partial charge is 0.138 e. The third-order valence-corrected chi connectivity index (χ3v) is 3.24. The normalized spacial score (nSPS) is 12.9. The van der Waals surface area contributed by atoms with Gasteiger partial charge in [0.25, 0.3) is 0 Å². The highest BCUT2D eigenvalue weighted by atomic mass is 16.5. The van der Waals surface area contributed by atoms with Gasteiger partial charge in [0, 0.05) is 31.9 Å². The summed E-state index contributed by atoms with van der Waals surface area (Å²) in [4.78, 5) is 6.69. The second-order valence-electron chi connectivity index (χ2n) is 4.64. The molecule has 0 aromatic carbocycles. The van der Waals surface area contributed by atoms with Crippen molar-refractivity contribution in [2.24, 2.45) is 0 Å². The second kappa shape index (κ2) is 7.34. The molecule has 1 unspecified atom stereocenters. The second-order valence-corrected chi connectivity index (χ2v) is 4.64. The minimum Gasteiger partial charge on any atom is -0.506 e. The first-order chi connectivity index (χ1) is 8.58. The molecule has 1 atom stereocenters. The highest BCUT2D eigenvalue weighted by molar-refractivity contribution is 5.27. The van der Waals surface area contributed by atoms with E-state index in [0.29, 0.717) is 19.2 Å². The van der Waals surface area contributed by atoms with E-state index in [1.54, 1.807) is 13.2 Å². The van der Waals surface area contributed by atoms with Crippen LogP contribution in [0.2, 0.25) is 0 Å². The number of pyridine rings is 1. The minimum absolute atomic E-state index is 0.270. The van der Waals surface area contributed by atoms with Crippen LogP contribution in [0.15, 0.2) is 12.1 Å². The van der Waals surface area contributed by atoms with Gasteiger partial charge in [-0.15, -0.1) is 0 Å². The molecule has 18 heavy (non-hydrogen) atoms. The fraction of sp³-hybridized carbons (Fsp3) is 0.643. The Morgan fingerprint density at radius 2 is 2.17 bits per heavy atom. The molecule has 4 nitrogen and oxygen atoms in total. The SMILES string of the molecule is CCC(C)N(CCOC)Cc1nc(C)ccc1O. The third kappa shape index (κ3) is 4.27. The molecule has 0 amide bonds. The fourth-order valence-electron chi connectivity index (χ4n) is 1.83. The summed E-state index contributed by atoms with van der Waals surface area (Å²) >= 11 is 0. The molecule has 1 rings (SSSR count). The van der Waals surface area contributed by atoms with E-state index in [2.05, 4.69) is 23.7 Å². The Bertz CT molecular complexity index is 369. The first kappa shape index (κ1) is 14.9. The van der Waals surface area contributed by atoms with Crippen molar-refractivity contribution in [2.75, 3.05) is 20.3 Å². The Balaban J connectivity index is 2.77. The summed E-state index contributed by atoms with van der Waals surface area (Å²) in [5.74, 6) is 0.270. The monoisotopic (exact) mass is 252 g/mol. The number of aryl methyl sites for hydroxylation is 1. The number of methoxy groups -OCH3 is 1. The summed E-state index contributed by atoms with van der Waals surface area (Å²) < 4.78 is 5.13. The molecule has 0 aliphatic rings. The standard InChI is InChI=1S/C14H24N2O2/c1-5-12(3)16(8-9-18-4)10-13-14(17)7-6-11(2)15-13/h6-7,12,17H,5,8-10H2,1-4H3. The Kier molecular flexibility index (Phi) is 6.09. The van der Waals surface area contributed by atoms with Gasteiger partial charge >= 0.3 is 0 Å². The van der Waals surface area contributed by atoms with Crippen LogP contribution in [-0.2, 0) is 11.3 Å². The van der Waals surface area contributed by atoms with E-state index in [1.165, 1.54) is 0 Å². The molecule has 0 aliphatic heterocycles. The number of aromatic hydroxyl groups is 1. The van der Waals surface area contributed by atoms with E-state index in [4.69, 9.17) is 4.74 Å². The third-order valence-electron chi connectivity index (χ3n) is 3.24. The topological polar surface area (TPSA) is 45.6 Å². The van der Waals surface area contributed by atoms with Gasteiger partial charge in [0.15, 0.2) is 0 Å². The summed E-state index contributed by atoms with van der Waals surface area (Å²) in [7, 11) is 1.71. The molecule has 0 saturated carbocycles. The van der Waals surface area contributed by atoms with Crippen molar-refractivity contribution < 1.29 is 9.84 Å². The maximum absolute atomic E-state index is 9.84. The molecular weight excluding hydrogens is 228 g/mol. The van der Waals surface area contributed by atoms with Crippen molar-refractivity contribution >= 4 is 0 Å². The van der Waals surface area contributed by atoms with Gasteiger partial charge in [-0.25, -0.2) is 0 Å². The van der Waals surface area contributed by atoms with Gasteiger partial charge < -0.3 is 9.84 Å². The van der Waals surface area contributed by atoms with E-state index < -0.39 is 0 Å². The van der Waals surface area contributed by atoms with Gasteiger partial charge in [0.1, 0.15) is 5.75 Å². The number of rotatable bonds is 7. The highest BCUT2D eigenvalue weighted by Crippen LogP contribution is 2.18. The lowest BCUT2D eigenvalue weighted by molar-refractivity contribution is 0.116. The lowest BCUT2D eigenvalue weighted by atomic mass is 10.2. The summed E-state index contributed by atoms with van der Waals surface area (Å²) in [6.45, 7) is 8.48. The summed E-state index contributed by atoms with van der Waals surface area (Å²) in [6, 6.07) is 3.98. The van der Waals surface area contributed by atoms with E-state index in [-0.39, 0.29) is 5.75 Å². The largest absolute Gasteiger partial charge is 0.506 e. The molecule has 1 N–H and O–H groups in total. The number of ether oxygens (including phenoxy) is 1. The van der Waals surface area contributed by atoms with Crippen LogP contribution in [0, 0.1) is 6.92 Å². The van der Waals surface area contributed by atoms with Crippen LogP contribution in [0.4, 0.5) is 0 Å². The van der Waals surface area contributed by atoms with Crippen LogP contribution in [0.1, 0.15) is 31.7 Å². The Morgan fingerprint density at radius 1 is 1.44 bits per heavy atom. The number of hydrogen-bond acceptors (Lipinski definition) is 4. The fourth-order valence-corrected chi connectivity index (χ4v) is 1.83. The van der Waals surface area contributed by atoms with Gasteiger partial charge in [-0.3, -0.25) is 9.88 Å². The summed E-state index contributed by atoms with van der Waals surface area (Å²) in [5.41, 5.74) is 1.67. The molecule has 102 valence electrons. The number of hydrogen-bond donors (Lipinski definition) is 1. The average molecular weight is 252 g/mol. The first-order valence-electron chi connectivity index (χ1n) is 6.47. The molecular formula is C14H24N2O2. The van der Waals surface area contributed by atoms with Crippen molar-refractivity contribution in [3.8, 4) is 5.75 Å². The molecule has 1 aromatic rings. The van der Waals surface area contributed by atoms with Gasteiger partial charge in [0.2, 0.25) is 0 Å². The number of aromatic nitrogens is 1. The van der Waals surface area contributed by atoms with Gasteiger partial charge in [-0.1, -0.05) is 6.92 Å². The molecule has 4 heteroatoms. The van der Waals surface area contributed by atoms with Gasteiger partial charge in [-0.05, 0) is 32.4 Å². The maximum Gasteiger partial charge on any atom is 0.138 e. The zero-order chi connectivity index (χ0) is 13.5. The van der Waals surface area contributed by atoms with Crippen molar-refractivity contribution in [1.82, 2.24) is 9.88 Å².